The Morgan fingerprint density at radius 2 is 1.76 bits per heavy atom. The number of hydrogen-bond donors (Lipinski definition) is 0. The summed E-state index contributed by atoms with van der Waals surface area (Å²) in [5.74, 6) is 2.29. The van der Waals surface area contributed by atoms with Gasteiger partial charge in [-0.25, -0.2) is 0 Å². The number of benzene rings is 1. The van der Waals surface area contributed by atoms with E-state index in [9.17, 15) is 4.79 Å². The van der Waals surface area contributed by atoms with E-state index in [0.717, 1.165) is 13.1 Å². The summed E-state index contributed by atoms with van der Waals surface area (Å²) >= 11 is 0. The average Bonchev–Trinajstić information content (AvgIpc) is 3.04. The molecule has 1 aromatic rings. The van der Waals surface area contributed by atoms with Gasteiger partial charge in [-0.05, 0) is 36.3 Å². The normalized spacial score (nSPS) is 26.9. The number of carbonyl (C=O) groups is 1. The number of likely N-dealkylation sites (tertiary alicyclic amines) is 2. The molecule has 21 heavy (non-hydrogen) atoms. The fourth-order valence-corrected chi connectivity index (χ4v) is 3.85. The molecule has 3 heteroatoms. The molecular weight excluding hydrogens is 260 g/mol. The SMILES string of the molecule is CC(=O)N1CC2CN(CCC(C)c3ccccc3)CC2C1. The molecule has 2 saturated heterocycles. The summed E-state index contributed by atoms with van der Waals surface area (Å²) in [6.07, 6.45) is 1.22. The Hall–Kier alpha value is -1.35. The van der Waals surface area contributed by atoms with Gasteiger partial charge in [-0.1, -0.05) is 37.3 Å². The summed E-state index contributed by atoms with van der Waals surface area (Å²) in [6, 6.07) is 10.8. The number of fused-ring (bicyclic) bond motifs is 1. The largest absolute Gasteiger partial charge is 0.342 e. The lowest BCUT2D eigenvalue weighted by molar-refractivity contribution is -0.128. The van der Waals surface area contributed by atoms with Crippen molar-refractivity contribution in [1.82, 2.24) is 9.80 Å². The van der Waals surface area contributed by atoms with Gasteiger partial charge in [-0.15, -0.1) is 0 Å². The van der Waals surface area contributed by atoms with Crippen molar-refractivity contribution in [2.24, 2.45) is 11.8 Å². The number of carbonyl (C=O) groups excluding carboxylic acids is 1. The van der Waals surface area contributed by atoms with Gasteiger partial charge in [-0.3, -0.25) is 4.79 Å². The van der Waals surface area contributed by atoms with E-state index in [1.807, 2.05) is 4.90 Å². The van der Waals surface area contributed by atoms with Crippen LogP contribution in [0.2, 0.25) is 0 Å². The highest BCUT2D eigenvalue weighted by molar-refractivity contribution is 5.73. The summed E-state index contributed by atoms with van der Waals surface area (Å²) < 4.78 is 0. The molecule has 0 radical (unpaired) electrons. The van der Waals surface area contributed by atoms with Gasteiger partial charge in [0, 0.05) is 33.1 Å². The van der Waals surface area contributed by atoms with Crippen molar-refractivity contribution in [3.8, 4) is 0 Å². The van der Waals surface area contributed by atoms with Crippen molar-refractivity contribution >= 4 is 5.91 Å². The molecule has 2 heterocycles. The predicted molar refractivity (Wildman–Crippen MR) is 85.1 cm³/mol. The zero-order valence-electron chi connectivity index (χ0n) is 13.2. The Morgan fingerprint density at radius 3 is 2.33 bits per heavy atom. The van der Waals surface area contributed by atoms with Gasteiger partial charge in [0.05, 0.1) is 0 Å². The number of amides is 1. The van der Waals surface area contributed by atoms with Crippen LogP contribution in [0.3, 0.4) is 0 Å². The topological polar surface area (TPSA) is 23.6 Å². The first-order chi connectivity index (χ1) is 10.1. The minimum Gasteiger partial charge on any atom is -0.342 e. The average molecular weight is 286 g/mol. The van der Waals surface area contributed by atoms with Crippen LogP contribution in [0.5, 0.6) is 0 Å². The monoisotopic (exact) mass is 286 g/mol. The third kappa shape index (κ3) is 3.29. The van der Waals surface area contributed by atoms with Gasteiger partial charge in [-0.2, -0.15) is 0 Å². The highest BCUT2D eigenvalue weighted by Gasteiger charge is 2.40. The molecule has 3 atom stereocenters. The van der Waals surface area contributed by atoms with E-state index in [-0.39, 0.29) is 5.91 Å². The zero-order chi connectivity index (χ0) is 14.8. The lowest BCUT2D eigenvalue weighted by atomic mass is 9.98. The fraction of sp³-hybridized carbons (Fsp3) is 0.611. The Bertz CT molecular complexity index is 473. The molecule has 3 unspecified atom stereocenters. The van der Waals surface area contributed by atoms with Crippen LogP contribution in [0, 0.1) is 11.8 Å². The third-order valence-corrected chi connectivity index (χ3v) is 5.25. The molecule has 3 nitrogen and oxygen atoms in total. The molecule has 2 aliphatic heterocycles. The maximum atomic E-state index is 11.4. The molecule has 3 rings (SSSR count). The molecule has 2 aliphatic rings. The first-order valence-electron chi connectivity index (χ1n) is 8.16. The van der Waals surface area contributed by atoms with Crippen LogP contribution in [-0.2, 0) is 4.79 Å². The minimum atomic E-state index is 0.244. The Morgan fingerprint density at radius 1 is 1.14 bits per heavy atom. The van der Waals surface area contributed by atoms with E-state index in [1.54, 1.807) is 6.92 Å². The molecule has 114 valence electrons. The van der Waals surface area contributed by atoms with Crippen LogP contribution in [0.1, 0.15) is 31.7 Å². The van der Waals surface area contributed by atoms with Crippen LogP contribution in [0.4, 0.5) is 0 Å². The minimum absolute atomic E-state index is 0.244. The standard InChI is InChI=1S/C18H26N2O/c1-14(16-6-4-3-5-7-16)8-9-19-10-17-12-20(15(2)21)13-18(17)11-19/h3-7,14,17-18H,8-13H2,1-2H3. The van der Waals surface area contributed by atoms with Gasteiger partial charge in [0.15, 0.2) is 0 Å². The van der Waals surface area contributed by atoms with E-state index in [4.69, 9.17) is 0 Å². The molecule has 0 saturated carbocycles. The second-order valence-corrected chi connectivity index (χ2v) is 6.80. The highest BCUT2D eigenvalue weighted by atomic mass is 16.2. The van der Waals surface area contributed by atoms with Crippen molar-refractivity contribution in [3.63, 3.8) is 0 Å². The Labute approximate surface area is 127 Å². The van der Waals surface area contributed by atoms with Crippen molar-refractivity contribution in [2.75, 3.05) is 32.7 Å². The first kappa shape index (κ1) is 14.6. The van der Waals surface area contributed by atoms with Crippen molar-refractivity contribution in [1.29, 1.82) is 0 Å². The van der Waals surface area contributed by atoms with Gasteiger partial charge in [0.25, 0.3) is 0 Å². The van der Waals surface area contributed by atoms with Gasteiger partial charge < -0.3 is 9.80 Å². The molecule has 0 aliphatic carbocycles. The molecule has 0 aromatic heterocycles. The van der Waals surface area contributed by atoms with Crippen LogP contribution < -0.4 is 0 Å². The predicted octanol–water partition coefficient (Wildman–Crippen LogP) is 2.59. The maximum absolute atomic E-state index is 11.4. The van der Waals surface area contributed by atoms with E-state index < -0.39 is 0 Å². The van der Waals surface area contributed by atoms with Gasteiger partial charge >= 0.3 is 0 Å². The van der Waals surface area contributed by atoms with Crippen molar-refractivity contribution in [3.05, 3.63) is 35.9 Å². The lowest BCUT2D eigenvalue weighted by Gasteiger charge is -2.22. The Kier molecular flexibility index (Phi) is 4.29. The summed E-state index contributed by atoms with van der Waals surface area (Å²) in [5.41, 5.74) is 1.44. The quantitative estimate of drug-likeness (QED) is 0.849. The molecular formula is C18H26N2O. The third-order valence-electron chi connectivity index (χ3n) is 5.25. The Balaban J connectivity index is 1.46. The van der Waals surface area contributed by atoms with Crippen LogP contribution in [-0.4, -0.2) is 48.4 Å². The van der Waals surface area contributed by atoms with E-state index in [0.29, 0.717) is 17.8 Å². The van der Waals surface area contributed by atoms with Crippen LogP contribution in [0.15, 0.2) is 30.3 Å². The van der Waals surface area contributed by atoms with Crippen molar-refractivity contribution in [2.45, 2.75) is 26.2 Å². The van der Waals surface area contributed by atoms with E-state index in [2.05, 4.69) is 42.2 Å². The summed E-state index contributed by atoms with van der Waals surface area (Å²) in [5, 5.41) is 0. The maximum Gasteiger partial charge on any atom is 0.219 e. The van der Waals surface area contributed by atoms with Crippen LogP contribution >= 0.6 is 0 Å². The molecule has 1 aromatic carbocycles. The first-order valence-corrected chi connectivity index (χ1v) is 8.16. The van der Waals surface area contributed by atoms with E-state index >= 15 is 0 Å². The van der Waals surface area contributed by atoms with Crippen LogP contribution in [0.25, 0.3) is 0 Å². The summed E-state index contributed by atoms with van der Waals surface area (Å²) in [4.78, 5) is 16.1. The zero-order valence-corrected chi connectivity index (χ0v) is 13.2. The highest BCUT2D eigenvalue weighted by Crippen LogP contribution is 2.31. The number of rotatable bonds is 4. The molecule has 0 spiro atoms. The number of nitrogens with zero attached hydrogens (tertiary/aromatic N) is 2. The summed E-state index contributed by atoms with van der Waals surface area (Å²) in [7, 11) is 0. The molecule has 0 N–H and O–H groups in total. The van der Waals surface area contributed by atoms with Gasteiger partial charge in [0.2, 0.25) is 5.91 Å². The molecule has 0 bridgehead atoms. The second-order valence-electron chi connectivity index (χ2n) is 6.80. The summed E-state index contributed by atoms with van der Waals surface area (Å²) in [6.45, 7) is 9.51. The fourth-order valence-electron chi connectivity index (χ4n) is 3.85. The lowest BCUT2D eigenvalue weighted by Crippen LogP contribution is -2.32. The smallest absolute Gasteiger partial charge is 0.219 e. The second kappa shape index (κ2) is 6.18. The molecule has 1 amide bonds. The van der Waals surface area contributed by atoms with Crippen molar-refractivity contribution < 1.29 is 4.79 Å². The van der Waals surface area contributed by atoms with Gasteiger partial charge in [0.1, 0.15) is 0 Å². The number of hydrogen-bond acceptors (Lipinski definition) is 2. The molecule has 2 fully saturated rings. The van der Waals surface area contributed by atoms with E-state index in [1.165, 1.54) is 31.6 Å².